The maximum atomic E-state index is 12.2. The van der Waals surface area contributed by atoms with Gasteiger partial charge in [-0.1, -0.05) is 66.2 Å². The molecule has 1 amide bonds. The smallest absolute Gasteiger partial charge is 0.228 e. The lowest BCUT2D eigenvalue weighted by Crippen LogP contribution is -2.16. The molecule has 3 heteroatoms. The van der Waals surface area contributed by atoms with Crippen LogP contribution >= 0.6 is 15.9 Å². The number of hydrogen-bond acceptors (Lipinski definition) is 1. The molecule has 0 atom stereocenters. The lowest BCUT2D eigenvalue weighted by molar-refractivity contribution is -0.115. The van der Waals surface area contributed by atoms with E-state index in [1.54, 1.807) is 0 Å². The van der Waals surface area contributed by atoms with E-state index in [-0.39, 0.29) is 5.91 Å². The molecule has 2 nitrogen and oxygen atoms in total. The average molecular weight is 332 g/mol. The van der Waals surface area contributed by atoms with Gasteiger partial charge >= 0.3 is 0 Å². The van der Waals surface area contributed by atoms with Gasteiger partial charge in [-0.3, -0.25) is 4.79 Å². The van der Waals surface area contributed by atoms with E-state index in [0.29, 0.717) is 12.3 Å². The van der Waals surface area contributed by atoms with Crippen molar-refractivity contribution in [2.75, 3.05) is 5.32 Å². The molecule has 0 aliphatic heterocycles. The number of hydrogen-bond donors (Lipinski definition) is 1. The molecular weight excluding hydrogens is 314 g/mol. The summed E-state index contributed by atoms with van der Waals surface area (Å²) in [5.41, 5.74) is 3.06. The molecule has 104 valence electrons. The van der Waals surface area contributed by atoms with Crippen molar-refractivity contribution in [1.82, 2.24) is 0 Å². The van der Waals surface area contributed by atoms with Gasteiger partial charge in [0.05, 0.1) is 6.42 Å². The van der Waals surface area contributed by atoms with Crippen LogP contribution in [0, 0.1) is 0 Å². The van der Waals surface area contributed by atoms with E-state index in [9.17, 15) is 4.79 Å². The number of para-hydroxylation sites is 1. The van der Waals surface area contributed by atoms with Gasteiger partial charge < -0.3 is 5.32 Å². The Kier molecular flexibility index (Phi) is 4.96. The van der Waals surface area contributed by atoms with Crippen LogP contribution in [0.2, 0.25) is 0 Å². The molecule has 0 saturated carbocycles. The molecule has 0 fully saturated rings. The summed E-state index contributed by atoms with van der Waals surface area (Å²) < 4.78 is 0.965. The number of carbonyl (C=O) groups excluding carboxylic acids is 1. The predicted octanol–water partition coefficient (Wildman–Crippen LogP) is 4.75. The van der Waals surface area contributed by atoms with Crippen LogP contribution in [0.5, 0.6) is 0 Å². The molecule has 0 aliphatic carbocycles. The van der Waals surface area contributed by atoms with Crippen LogP contribution in [-0.4, -0.2) is 5.91 Å². The van der Waals surface area contributed by atoms with Gasteiger partial charge in [0.2, 0.25) is 5.91 Å². The summed E-state index contributed by atoms with van der Waals surface area (Å²) in [4.78, 5) is 12.2. The van der Waals surface area contributed by atoms with E-state index >= 15 is 0 Å². The molecule has 0 heterocycles. The highest BCUT2D eigenvalue weighted by Gasteiger charge is 2.10. The van der Waals surface area contributed by atoms with E-state index < -0.39 is 0 Å². The first-order valence-electron chi connectivity index (χ1n) is 6.70. The van der Waals surface area contributed by atoms with E-state index in [2.05, 4.69) is 41.2 Å². The van der Waals surface area contributed by atoms with Crippen molar-refractivity contribution in [2.45, 2.75) is 26.2 Å². The van der Waals surface area contributed by atoms with Gasteiger partial charge in [-0.25, -0.2) is 0 Å². The second-order valence-corrected chi connectivity index (χ2v) is 5.91. The molecular formula is C17H18BrNO. The minimum absolute atomic E-state index is 0.00463. The number of nitrogens with one attached hydrogen (secondary N) is 1. The summed E-state index contributed by atoms with van der Waals surface area (Å²) in [6.45, 7) is 4.25. The third-order valence-corrected chi connectivity index (χ3v) is 3.94. The number of benzene rings is 2. The van der Waals surface area contributed by atoms with Crippen molar-refractivity contribution in [3.8, 4) is 0 Å². The monoisotopic (exact) mass is 331 g/mol. The third-order valence-electron chi connectivity index (χ3n) is 3.17. The molecule has 1 N–H and O–H groups in total. The Morgan fingerprint density at radius 3 is 2.45 bits per heavy atom. The molecule has 2 aromatic rings. The number of anilines is 1. The Morgan fingerprint density at radius 2 is 1.75 bits per heavy atom. The van der Waals surface area contributed by atoms with Crippen LogP contribution in [0.4, 0.5) is 5.69 Å². The zero-order valence-corrected chi connectivity index (χ0v) is 13.3. The van der Waals surface area contributed by atoms with Crippen LogP contribution in [0.25, 0.3) is 0 Å². The molecule has 0 aromatic heterocycles. The molecule has 2 aromatic carbocycles. The number of rotatable bonds is 4. The molecule has 0 unspecified atom stereocenters. The maximum Gasteiger partial charge on any atom is 0.228 e. The van der Waals surface area contributed by atoms with Crippen LogP contribution in [-0.2, 0) is 11.2 Å². The standard InChI is InChI=1S/C17H18BrNO/c1-12(2)14-8-4-6-10-16(14)19-17(20)11-13-7-3-5-9-15(13)18/h3-10,12H,11H2,1-2H3,(H,19,20). The summed E-state index contributed by atoms with van der Waals surface area (Å²) in [6.07, 6.45) is 0.369. The molecule has 0 radical (unpaired) electrons. The van der Waals surface area contributed by atoms with Gasteiger partial charge in [0.15, 0.2) is 0 Å². The lowest BCUT2D eigenvalue weighted by Gasteiger charge is -2.13. The maximum absolute atomic E-state index is 12.2. The molecule has 0 spiro atoms. The van der Waals surface area contributed by atoms with E-state index in [1.165, 1.54) is 0 Å². The van der Waals surface area contributed by atoms with E-state index in [1.807, 2.05) is 42.5 Å². The van der Waals surface area contributed by atoms with E-state index in [0.717, 1.165) is 21.3 Å². The van der Waals surface area contributed by atoms with Crippen molar-refractivity contribution in [1.29, 1.82) is 0 Å². The summed E-state index contributed by atoms with van der Waals surface area (Å²) in [5, 5.41) is 3.01. The first-order chi connectivity index (χ1) is 9.58. The first kappa shape index (κ1) is 14.8. The highest BCUT2D eigenvalue weighted by molar-refractivity contribution is 9.10. The fraction of sp³-hybridized carbons (Fsp3) is 0.235. The van der Waals surface area contributed by atoms with Crippen LogP contribution in [0.3, 0.4) is 0 Å². The first-order valence-corrected chi connectivity index (χ1v) is 7.49. The van der Waals surface area contributed by atoms with Gasteiger partial charge in [0.1, 0.15) is 0 Å². The predicted molar refractivity (Wildman–Crippen MR) is 87.0 cm³/mol. The third kappa shape index (κ3) is 3.70. The van der Waals surface area contributed by atoms with Gasteiger partial charge in [0, 0.05) is 10.2 Å². The summed E-state index contributed by atoms with van der Waals surface area (Å²) in [5.74, 6) is 0.389. The zero-order valence-electron chi connectivity index (χ0n) is 11.7. The number of halogens is 1. The van der Waals surface area contributed by atoms with Gasteiger partial charge in [0.25, 0.3) is 0 Å². The normalized spacial score (nSPS) is 10.6. The SMILES string of the molecule is CC(C)c1ccccc1NC(=O)Cc1ccccc1Br. The van der Waals surface area contributed by atoms with Crippen LogP contribution < -0.4 is 5.32 Å². The minimum atomic E-state index is 0.00463. The Balaban J connectivity index is 2.11. The lowest BCUT2D eigenvalue weighted by atomic mass is 10.0. The van der Waals surface area contributed by atoms with Crippen molar-refractivity contribution in [3.63, 3.8) is 0 Å². The highest BCUT2D eigenvalue weighted by Crippen LogP contribution is 2.24. The summed E-state index contributed by atoms with van der Waals surface area (Å²) in [7, 11) is 0. The van der Waals surface area contributed by atoms with Crippen molar-refractivity contribution in [2.24, 2.45) is 0 Å². The van der Waals surface area contributed by atoms with Crippen molar-refractivity contribution in [3.05, 3.63) is 64.1 Å². The fourth-order valence-electron chi connectivity index (χ4n) is 2.12. The Bertz CT molecular complexity index is 607. The largest absolute Gasteiger partial charge is 0.326 e. The molecule has 0 bridgehead atoms. The Labute approximate surface area is 128 Å². The van der Waals surface area contributed by atoms with Gasteiger partial charge in [-0.2, -0.15) is 0 Å². The second kappa shape index (κ2) is 6.71. The topological polar surface area (TPSA) is 29.1 Å². The van der Waals surface area contributed by atoms with Crippen molar-refractivity contribution >= 4 is 27.5 Å². The Morgan fingerprint density at radius 1 is 1.10 bits per heavy atom. The van der Waals surface area contributed by atoms with Crippen molar-refractivity contribution < 1.29 is 4.79 Å². The summed E-state index contributed by atoms with van der Waals surface area (Å²) in [6, 6.07) is 15.7. The minimum Gasteiger partial charge on any atom is -0.326 e. The van der Waals surface area contributed by atoms with E-state index in [4.69, 9.17) is 0 Å². The highest BCUT2D eigenvalue weighted by atomic mass is 79.9. The van der Waals surface area contributed by atoms with Crippen LogP contribution in [0.15, 0.2) is 53.0 Å². The van der Waals surface area contributed by atoms with Crippen LogP contribution in [0.1, 0.15) is 30.9 Å². The van der Waals surface area contributed by atoms with Gasteiger partial charge in [-0.15, -0.1) is 0 Å². The average Bonchev–Trinajstić information content (AvgIpc) is 2.41. The molecule has 0 aliphatic rings. The molecule has 0 saturated heterocycles. The number of carbonyl (C=O) groups is 1. The van der Waals surface area contributed by atoms with Gasteiger partial charge in [-0.05, 0) is 29.2 Å². The number of amides is 1. The molecule has 2 rings (SSSR count). The Hall–Kier alpha value is -1.61. The zero-order chi connectivity index (χ0) is 14.5. The quantitative estimate of drug-likeness (QED) is 0.860. The molecule has 20 heavy (non-hydrogen) atoms. The second-order valence-electron chi connectivity index (χ2n) is 5.06. The fourth-order valence-corrected chi connectivity index (χ4v) is 2.55. The summed E-state index contributed by atoms with van der Waals surface area (Å²) >= 11 is 3.47.